The van der Waals surface area contributed by atoms with Gasteiger partial charge in [-0.1, -0.05) is 24.3 Å². The Morgan fingerprint density at radius 2 is 1.83 bits per heavy atom. The summed E-state index contributed by atoms with van der Waals surface area (Å²) in [6.07, 6.45) is 7.00. The molecule has 4 rings (SSSR count). The highest BCUT2D eigenvalue weighted by Gasteiger charge is 2.29. The Balaban J connectivity index is 1.34. The molecule has 150 valence electrons. The number of hydrogen-bond donors (Lipinski definition) is 0. The maximum atomic E-state index is 12.8. The fraction of sp³-hybridized carbons (Fsp3) is 0.348. The molecular weight excluding hydrogens is 364 g/mol. The van der Waals surface area contributed by atoms with Crippen LogP contribution in [-0.2, 0) is 11.3 Å². The summed E-state index contributed by atoms with van der Waals surface area (Å²) in [7, 11) is 0. The zero-order valence-electron chi connectivity index (χ0n) is 16.6. The molecule has 1 aliphatic heterocycles. The minimum Gasteiger partial charge on any atom is -0.481 e. The maximum Gasteiger partial charge on any atom is 0.263 e. The van der Waals surface area contributed by atoms with E-state index in [-0.39, 0.29) is 5.91 Å². The van der Waals surface area contributed by atoms with Gasteiger partial charge in [0.2, 0.25) is 0 Å². The predicted octanol–water partition coefficient (Wildman–Crippen LogP) is 3.50. The van der Waals surface area contributed by atoms with Gasteiger partial charge in [-0.25, -0.2) is 4.98 Å². The van der Waals surface area contributed by atoms with Gasteiger partial charge in [-0.05, 0) is 44.0 Å². The summed E-state index contributed by atoms with van der Waals surface area (Å²) in [4.78, 5) is 23.7. The van der Waals surface area contributed by atoms with Gasteiger partial charge in [0.05, 0.1) is 12.2 Å². The van der Waals surface area contributed by atoms with Crippen LogP contribution in [0.15, 0.2) is 67.1 Å². The molecule has 1 aromatic carbocycles. The topological polar surface area (TPSA) is 60.2 Å². The number of para-hydroxylation sites is 1. The highest BCUT2D eigenvalue weighted by atomic mass is 16.5. The second-order valence-electron chi connectivity index (χ2n) is 7.41. The van der Waals surface area contributed by atoms with E-state index in [9.17, 15) is 4.79 Å². The van der Waals surface area contributed by atoms with Crippen molar-refractivity contribution in [1.82, 2.24) is 19.4 Å². The normalized spacial score (nSPS) is 15.8. The quantitative estimate of drug-likeness (QED) is 0.646. The first-order valence-corrected chi connectivity index (χ1v) is 10.1. The third-order valence-electron chi connectivity index (χ3n) is 5.38. The van der Waals surface area contributed by atoms with E-state index in [0.717, 1.165) is 49.7 Å². The minimum atomic E-state index is -0.486. The van der Waals surface area contributed by atoms with Crippen molar-refractivity contribution in [1.29, 1.82) is 0 Å². The van der Waals surface area contributed by atoms with E-state index in [1.807, 2.05) is 78.9 Å². The van der Waals surface area contributed by atoms with Crippen LogP contribution in [0.2, 0.25) is 0 Å². The van der Waals surface area contributed by atoms with E-state index >= 15 is 0 Å². The Labute approximate surface area is 171 Å². The molecule has 29 heavy (non-hydrogen) atoms. The van der Waals surface area contributed by atoms with Crippen molar-refractivity contribution in [3.8, 4) is 5.75 Å². The summed E-state index contributed by atoms with van der Waals surface area (Å²) in [5, 5.41) is 0. The van der Waals surface area contributed by atoms with Crippen molar-refractivity contribution >= 4 is 5.91 Å². The molecule has 1 atom stereocenters. The van der Waals surface area contributed by atoms with Crippen LogP contribution in [-0.4, -0.2) is 44.5 Å². The summed E-state index contributed by atoms with van der Waals surface area (Å²) in [5.74, 6) is 2.20. The van der Waals surface area contributed by atoms with E-state index in [2.05, 4.69) is 14.5 Å². The van der Waals surface area contributed by atoms with Crippen molar-refractivity contribution in [3.05, 3.63) is 78.6 Å². The SMILES string of the molecule is C[C@H](Oc1ccccc1)C(=O)N1CCC(c2nccn2Cc2ccccn2)CC1. The number of nitrogens with zero attached hydrogens (tertiary/aromatic N) is 4. The number of ether oxygens (including phenoxy) is 1. The third-order valence-corrected chi connectivity index (χ3v) is 5.38. The van der Waals surface area contributed by atoms with Crippen molar-refractivity contribution in [2.75, 3.05) is 13.1 Å². The molecule has 1 aliphatic rings. The van der Waals surface area contributed by atoms with Crippen LogP contribution < -0.4 is 4.74 Å². The van der Waals surface area contributed by atoms with Crippen molar-refractivity contribution < 1.29 is 9.53 Å². The molecule has 3 aromatic rings. The van der Waals surface area contributed by atoms with Crippen LogP contribution in [0.5, 0.6) is 5.75 Å². The number of imidazole rings is 1. The average molecular weight is 390 g/mol. The van der Waals surface area contributed by atoms with Gasteiger partial charge >= 0.3 is 0 Å². The van der Waals surface area contributed by atoms with Gasteiger partial charge in [-0.3, -0.25) is 9.78 Å². The molecule has 0 bridgehead atoms. The lowest BCUT2D eigenvalue weighted by Crippen LogP contribution is -2.44. The number of likely N-dealkylation sites (tertiary alicyclic amines) is 1. The van der Waals surface area contributed by atoms with Gasteiger partial charge in [0.1, 0.15) is 11.6 Å². The Bertz CT molecular complexity index is 918. The van der Waals surface area contributed by atoms with E-state index in [4.69, 9.17) is 4.74 Å². The van der Waals surface area contributed by atoms with Crippen molar-refractivity contribution in [3.63, 3.8) is 0 Å². The molecule has 0 unspecified atom stereocenters. The van der Waals surface area contributed by atoms with E-state index < -0.39 is 6.10 Å². The van der Waals surface area contributed by atoms with Crippen LogP contribution in [0.1, 0.15) is 37.2 Å². The fourth-order valence-corrected chi connectivity index (χ4v) is 3.85. The lowest BCUT2D eigenvalue weighted by atomic mass is 9.95. The lowest BCUT2D eigenvalue weighted by molar-refractivity contribution is -0.139. The first kappa shape index (κ1) is 19.2. The Morgan fingerprint density at radius 1 is 1.07 bits per heavy atom. The molecule has 0 aliphatic carbocycles. The Morgan fingerprint density at radius 3 is 2.55 bits per heavy atom. The van der Waals surface area contributed by atoms with Gasteiger partial charge < -0.3 is 14.2 Å². The molecule has 1 saturated heterocycles. The minimum absolute atomic E-state index is 0.0455. The highest BCUT2D eigenvalue weighted by molar-refractivity contribution is 5.81. The van der Waals surface area contributed by atoms with Crippen LogP contribution in [0.4, 0.5) is 0 Å². The second kappa shape index (κ2) is 8.90. The molecular formula is C23H26N4O2. The van der Waals surface area contributed by atoms with Crippen LogP contribution >= 0.6 is 0 Å². The van der Waals surface area contributed by atoms with Gasteiger partial charge in [-0.15, -0.1) is 0 Å². The van der Waals surface area contributed by atoms with Gasteiger partial charge in [0.15, 0.2) is 6.10 Å². The number of pyridine rings is 1. The number of aromatic nitrogens is 3. The van der Waals surface area contributed by atoms with Crippen LogP contribution in [0, 0.1) is 0 Å². The Hall–Kier alpha value is -3.15. The monoisotopic (exact) mass is 390 g/mol. The van der Waals surface area contributed by atoms with Crippen LogP contribution in [0.3, 0.4) is 0 Å². The first-order chi connectivity index (χ1) is 14.2. The van der Waals surface area contributed by atoms with Crippen LogP contribution in [0.25, 0.3) is 0 Å². The predicted molar refractivity (Wildman–Crippen MR) is 111 cm³/mol. The largest absolute Gasteiger partial charge is 0.481 e. The molecule has 0 spiro atoms. The molecule has 1 amide bonds. The Kier molecular flexibility index (Phi) is 5.89. The first-order valence-electron chi connectivity index (χ1n) is 10.1. The molecule has 2 aromatic heterocycles. The third kappa shape index (κ3) is 4.65. The summed E-state index contributed by atoms with van der Waals surface area (Å²) < 4.78 is 7.97. The molecule has 6 nitrogen and oxygen atoms in total. The smallest absolute Gasteiger partial charge is 0.263 e. The number of amides is 1. The number of benzene rings is 1. The number of carbonyl (C=O) groups is 1. The summed E-state index contributed by atoms with van der Waals surface area (Å²) in [6.45, 7) is 3.99. The molecule has 0 saturated carbocycles. The number of carbonyl (C=O) groups excluding carboxylic acids is 1. The highest BCUT2D eigenvalue weighted by Crippen LogP contribution is 2.28. The number of rotatable bonds is 6. The summed E-state index contributed by atoms with van der Waals surface area (Å²) in [6, 6.07) is 15.4. The van der Waals surface area contributed by atoms with Gasteiger partial charge in [0.25, 0.3) is 5.91 Å². The summed E-state index contributed by atoms with van der Waals surface area (Å²) in [5.41, 5.74) is 1.02. The van der Waals surface area contributed by atoms with E-state index in [1.165, 1.54) is 0 Å². The number of piperidine rings is 1. The van der Waals surface area contributed by atoms with Gasteiger partial charge in [-0.2, -0.15) is 0 Å². The molecule has 0 radical (unpaired) electrons. The summed E-state index contributed by atoms with van der Waals surface area (Å²) >= 11 is 0. The lowest BCUT2D eigenvalue weighted by Gasteiger charge is -2.33. The average Bonchev–Trinajstić information content (AvgIpc) is 3.23. The molecule has 6 heteroatoms. The van der Waals surface area contributed by atoms with Gasteiger partial charge in [0, 0.05) is 37.6 Å². The zero-order chi connectivity index (χ0) is 20.1. The standard InChI is InChI=1S/C23H26N4O2/c1-18(29-21-8-3-2-4-9-21)23(28)26-14-10-19(11-15-26)22-25-13-16-27(22)17-20-7-5-6-12-24-20/h2-9,12-13,16,18-19H,10-11,14-15,17H2,1H3/t18-/m0/s1. The maximum absolute atomic E-state index is 12.8. The zero-order valence-corrected chi connectivity index (χ0v) is 16.6. The van der Waals surface area contributed by atoms with Crippen molar-refractivity contribution in [2.24, 2.45) is 0 Å². The second-order valence-corrected chi connectivity index (χ2v) is 7.41. The molecule has 0 N–H and O–H groups in total. The van der Waals surface area contributed by atoms with E-state index in [0.29, 0.717) is 5.92 Å². The number of hydrogen-bond acceptors (Lipinski definition) is 4. The molecule has 1 fully saturated rings. The fourth-order valence-electron chi connectivity index (χ4n) is 3.85. The molecule has 3 heterocycles. The van der Waals surface area contributed by atoms with Crippen molar-refractivity contribution in [2.45, 2.75) is 38.3 Å². The van der Waals surface area contributed by atoms with E-state index in [1.54, 1.807) is 0 Å².